The summed E-state index contributed by atoms with van der Waals surface area (Å²) in [6.45, 7) is 3.93. The lowest BCUT2D eigenvalue weighted by Gasteiger charge is -2.17. The van der Waals surface area contributed by atoms with Crippen molar-refractivity contribution in [3.05, 3.63) is 59.4 Å². The summed E-state index contributed by atoms with van der Waals surface area (Å²) in [4.78, 5) is 5.22. The van der Waals surface area contributed by atoms with Gasteiger partial charge in [-0.2, -0.15) is 22.8 Å². The number of aromatic nitrogens is 3. The van der Waals surface area contributed by atoms with Crippen LogP contribution in [0.4, 0.5) is 19.1 Å². The standard InChI is InChI=1S/C20H21F3N4/c1-5-14-11-13(2)17(12-16(14)15-9-7-6-8-10-15)27-19(26(3)4)24-18(25-27)20(21,22)23/h6-12H,5H2,1-4H3. The highest BCUT2D eigenvalue weighted by molar-refractivity contribution is 5.71. The third kappa shape index (κ3) is 3.67. The van der Waals surface area contributed by atoms with Gasteiger partial charge in [-0.15, -0.1) is 5.10 Å². The smallest absolute Gasteiger partial charge is 0.347 e. The zero-order valence-electron chi connectivity index (χ0n) is 15.7. The Morgan fingerprint density at radius 2 is 1.74 bits per heavy atom. The number of hydrogen-bond acceptors (Lipinski definition) is 3. The van der Waals surface area contributed by atoms with E-state index >= 15 is 0 Å². The van der Waals surface area contributed by atoms with Crippen LogP contribution in [-0.4, -0.2) is 28.9 Å². The van der Waals surface area contributed by atoms with E-state index in [4.69, 9.17) is 0 Å². The van der Waals surface area contributed by atoms with Crippen molar-refractivity contribution in [1.29, 1.82) is 0 Å². The Kier molecular flexibility index (Phi) is 4.95. The maximum Gasteiger partial charge on any atom is 0.453 e. The quantitative estimate of drug-likeness (QED) is 0.652. The number of hydrogen-bond donors (Lipinski definition) is 0. The lowest BCUT2D eigenvalue weighted by Crippen LogP contribution is -2.16. The number of rotatable bonds is 4. The van der Waals surface area contributed by atoms with E-state index in [9.17, 15) is 13.2 Å². The Labute approximate surface area is 156 Å². The van der Waals surface area contributed by atoms with Crippen molar-refractivity contribution in [2.24, 2.45) is 0 Å². The van der Waals surface area contributed by atoms with Crippen molar-refractivity contribution in [2.45, 2.75) is 26.4 Å². The zero-order valence-corrected chi connectivity index (χ0v) is 15.7. The summed E-state index contributed by atoms with van der Waals surface area (Å²) in [5, 5.41) is 3.76. The summed E-state index contributed by atoms with van der Waals surface area (Å²) in [7, 11) is 3.29. The molecule has 1 aromatic heterocycles. The molecule has 0 saturated heterocycles. The molecule has 0 radical (unpaired) electrons. The van der Waals surface area contributed by atoms with Gasteiger partial charge in [0.15, 0.2) is 0 Å². The molecule has 27 heavy (non-hydrogen) atoms. The first-order chi connectivity index (χ1) is 12.7. The van der Waals surface area contributed by atoms with Crippen LogP contribution in [0.5, 0.6) is 0 Å². The van der Waals surface area contributed by atoms with Crippen LogP contribution in [0.2, 0.25) is 0 Å². The van der Waals surface area contributed by atoms with Crippen molar-refractivity contribution >= 4 is 5.95 Å². The Morgan fingerprint density at radius 1 is 1.07 bits per heavy atom. The summed E-state index contributed by atoms with van der Waals surface area (Å²) >= 11 is 0. The Hall–Kier alpha value is -2.83. The average Bonchev–Trinajstić information content (AvgIpc) is 3.08. The first kappa shape index (κ1) is 18.9. The first-order valence-corrected chi connectivity index (χ1v) is 8.63. The van der Waals surface area contributed by atoms with E-state index in [1.807, 2.05) is 49.4 Å². The number of aryl methyl sites for hydroxylation is 2. The minimum absolute atomic E-state index is 0.133. The number of alkyl halides is 3. The average molecular weight is 374 g/mol. The van der Waals surface area contributed by atoms with E-state index in [1.54, 1.807) is 14.1 Å². The molecule has 1 heterocycles. The van der Waals surface area contributed by atoms with Crippen molar-refractivity contribution in [3.8, 4) is 16.8 Å². The molecule has 0 spiro atoms. The minimum Gasteiger partial charge on any atom is -0.347 e. The molecule has 0 aliphatic rings. The highest BCUT2D eigenvalue weighted by Crippen LogP contribution is 2.33. The van der Waals surface area contributed by atoms with Gasteiger partial charge >= 0.3 is 6.18 Å². The molecule has 4 nitrogen and oxygen atoms in total. The Morgan fingerprint density at radius 3 is 2.30 bits per heavy atom. The van der Waals surface area contributed by atoms with Crippen molar-refractivity contribution in [2.75, 3.05) is 19.0 Å². The summed E-state index contributed by atoms with van der Waals surface area (Å²) < 4.78 is 40.8. The minimum atomic E-state index is -4.60. The molecule has 3 aromatic rings. The molecular formula is C20H21F3N4. The number of nitrogens with zero attached hydrogens (tertiary/aromatic N) is 4. The number of halogens is 3. The van der Waals surface area contributed by atoms with Crippen LogP contribution in [-0.2, 0) is 12.6 Å². The molecule has 0 bridgehead atoms. The molecule has 0 N–H and O–H groups in total. The van der Waals surface area contributed by atoms with Gasteiger partial charge in [0.1, 0.15) is 0 Å². The van der Waals surface area contributed by atoms with Gasteiger partial charge in [-0.05, 0) is 41.7 Å². The molecule has 3 rings (SSSR count). The van der Waals surface area contributed by atoms with Crippen molar-refractivity contribution in [3.63, 3.8) is 0 Å². The highest BCUT2D eigenvalue weighted by atomic mass is 19.4. The van der Waals surface area contributed by atoms with Crippen LogP contribution in [0, 0.1) is 6.92 Å². The Bertz CT molecular complexity index is 944. The van der Waals surface area contributed by atoms with E-state index in [1.165, 1.54) is 9.58 Å². The predicted octanol–water partition coefficient (Wildman–Crippen LogP) is 4.89. The second-order valence-corrected chi connectivity index (χ2v) is 6.55. The van der Waals surface area contributed by atoms with Crippen LogP contribution in [0.1, 0.15) is 23.9 Å². The highest BCUT2D eigenvalue weighted by Gasteiger charge is 2.37. The lowest BCUT2D eigenvalue weighted by molar-refractivity contribution is -0.144. The van der Waals surface area contributed by atoms with Crippen LogP contribution in [0.3, 0.4) is 0 Å². The second-order valence-electron chi connectivity index (χ2n) is 6.55. The van der Waals surface area contributed by atoms with Gasteiger partial charge in [0.2, 0.25) is 5.95 Å². The van der Waals surface area contributed by atoms with Gasteiger partial charge in [0.25, 0.3) is 5.82 Å². The van der Waals surface area contributed by atoms with E-state index in [2.05, 4.69) is 17.0 Å². The number of benzene rings is 2. The van der Waals surface area contributed by atoms with E-state index < -0.39 is 12.0 Å². The van der Waals surface area contributed by atoms with Crippen molar-refractivity contribution < 1.29 is 13.2 Å². The van der Waals surface area contributed by atoms with E-state index in [0.29, 0.717) is 5.69 Å². The fraction of sp³-hybridized carbons (Fsp3) is 0.300. The molecule has 0 aliphatic heterocycles. The maximum atomic E-state index is 13.2. The summed E-state index contributed by atoms with van der Waals surface area (Å²) in [6, 6.07) is 13.7. The second kappa shape index (κ2) is 7.06. The normalized spacial score (nSPS) is 11.7. The van der Waals surface area contributed by atoms with Gasteiger partial charge in [-0.25, -0.2) is 0 Å². The molecule has 0 amide bonds. The number of anilines is 1. The van der Waals surface area contributed by atoms with Gasteiger partial charge < -0.3 is 4.90 Å². The lowest BCUT2D eigenvalue weighted by atomic mass is 9.95. The monoisotopic (exact) mass is 374 g/mol. The molecule has 7 heteroatoms. The van der Waals surface area contributed by atoms with E-state index in [0.717, 1.165) is 28.7 Å². The van der Waals surface area contributed by atoms with Crippen LogP contribution in [0.15, 0.2) is 42.5 Å². The summed E-state index contributed by atoms with van der Waals surface area (Å²) in [5.74, 6) is -1.01. The van der Waals surface area contributed by atoms with E-state index in [-0.39, 0.29) is 5.95 Å². The fourth-order valence-corrected chi connectivity index (χ4v) is 3.04. The third-order valence-electron chi connectivity index (χ3n) is 4.36. The van der Waals surface area contributed by atoms with Gasteiger partial charge in [0.05, 0.1) is 5.69 Å². The molecule has 0 aliphatic carbocycles. The fourth-order valence-electron chi connectivity index (χ4n) is 3.04. The Balaban J connectivity index is 2.25. The molecule has 0 saturated carbocycles. The van der Waals surface area contributed by atoms with Crippen LogP contribution in [0.25, 0.3) is 16.8 Å². The topological polar surface area (TPSA) is 34.0 Å². The van der Waals surface area contributed by atoms with Crippen LogP contribution < -0.4 is 4.90 Å². The third-order valence-corrected chi connectivity index (χ3v) is 4.36. The molecule has 142 valence electrons. The first-order valence-electron chi connectivity index (χ1n) is 8.63. The summed E-state index contributed by atoms with van der Waals surface area (Å²) in [6.07, 6.45) is -3.79. The van der Waals surface area contributed by atoms with Crippen molar-refractivity contribution in [1.82, 2.24) is 14.8 Å². The summed E-state index contributed by atoms with van der Waals surface area (Å²) in [5.41, 5.74) is 4.54. The van der Waals surface area contributed by atoms with Gasteiger partial charge in [0, 0.05) is 14.1 Å². The predicted molar refractivity (Wildman–Crippen MR) is 100 cm³/mol. The largest absolute Gasteiger partial charge is 0.453 e. The molecule has 0 unspecified atom stereocenters. The SMILES string of the molecule is CCc1cc(C)c(-n2nc(C(F)(F)F)nc2N(C)C)cc1-c1ccccc1. The molecular weight excluding hydrogens is 353 g/mol. The van der Waals surface area contributed by atoms with Gasteiger partial charge in [-0.3, -0.25) is 0 Å². The molecule has 0 atom stereocenters. The zero-order chi connectivity index (χ0) is 19.8. The molecule has 0 fully saturated rings. The molecule has 2 aromatic carbocycles. The maximum absolute atomic E-state index is 13.2. The van der Waals surface area contributed by atoms with Gasteiger partial charge in [-0.1, -0.05) is 43.3 Å². The van der Waals surface area contributed by atoms with Crippen LogP contribution >= 0.6 is 0 Å².